The van der Waals surface area contributed by atoms with Gasteiger partial charge in [-0.05, 0) is 56.1 Å². The molecule has 3 aromatic rings. The summed E-state index contributed by atoms with van der Waals surface area (Å²) >= 11 is 1.36. The summed E-state index contributed by atoms with van der Waals surface area (Å²) in [4.78, 5) is 32.7. The second kappa shape index (κ2) is 15.7. The molecule has 0 spiro atoms. The van der Waals surface area contributed by atoms with Crippen LogP contribution < -0.4 is 5.43 Å². The average Bonchev–Trinajstić information content (AvgIpc) is 3.42. The van der Waals surface area contributed by atoms with Crippen LogP contribution in [0.2, 0.25) is 0 Å². The fraction of sp³-hybridized carbons (Fsp3) is 0.516. The monoisotopic (exact) mass is 631 g/mol. The lowest BCUT2D eigenvalue weighted by atomic mass is 9.98. The molecule has 0 saturated carbocycles. The van der Waals surface area contributed by atoms with E-state index in [0.717, 1.165) is 16.7 Å². The van der Waals surface area contributed by atoms with Gasteiger partial charge in [0.2, 0.25) is 15.9 Å². The van der Waals surface area contributed by atoms with Crippen LogP contribution in [0.1, 0.15) is 46.1 Å². The van der Waals surface area contributed by atoms with E-state index in [1.165, 1.54) is 26.7 Å². The summed E-state index contributed by atoms with van der Waals surface area (Å²) in [6.45, 7) is 7.69. The van der Waals surface area contributed by atoms with Gasteiger partial charge in [-0.3, -0.25) is 15.0 Å². The number of carbonyl (C=O) groups excluding carboxylic acids is 2. The van der Waals surface area contributed by atoms with Crippen LogP contribution in [0, 0.1) is 11.8 Å². The van der Waals surface area contributed by atoms with Gasteiger partial charge in [-0.1, -0.05) is 64.4 Å². The number of thiazole rings is 1. The molecule has 0 bridgehead atoms. The minimum atomic E-state index is -4.02. The van der Waals surface area contributed by atoms with E-state index in [0.29, 0.717) is 5.52 Å². The summed E-state index contributed by atoms with van der Waals surface area (Å²) in [5.74, 6) is -0.730. The van der Waals surface area contributed by atoms with Crippen molar-refractivity contribution in [1.82, 2.24) is 24.6 Å². The molecular weight excluding hydrogens is 587 g/mol. The van der Waals surface area contributed by atoms with Crippen LogP contribution >= 0.6 is 11.3 Å². The number of hydrazine groups is 1. The Hall–Kier alpha value is -2.90. The highest BCUT2D eigenvalue weighted by atomic mass is 32.2. The molecule has 0 radical (unpaired) electrons. The standard InChI is InChI=1S/C31H45N5O5S2/c1-7-23(4)15-31(39)36(33-30(38)20-34(5)6)27(16-24-11-9-8-10-12-24)28(37)19-35(18-22(2)3)43(40,41)25-13-14-26-29(17-25)42-21-32-26/h8-14,17,21-23,27-28,37H,7,15-16,18-20H2,1-6H3,(H,33,38)/t23-,27?,28+/m0/s1. The normalized spacial score (nSPS) is 14.3. The van der Waals surface area contributed by atoms with Gasteiger partial charge in [0, 0.05) is 19.5 Å². The summed E-state index contributed by atoms with van der Waals surface area (Å²) in [7, 11) is -0.521. The number of aliphatic hydroxyl groups excluding tert-OH is 1. The Morgan fingerprint density at radius 3 is 2.37 bits per heavy atom. The fourth-order valence-electron chi connectivity index (χ4n) is 4.74. The summed E-state index contributed by atoms with van der Waals surface area (Å²) in [5, 5.41) is 13.1. The number of amides is 2. The van der Waals surface area contributed by atoms with Gasteiger partial charge in [0.1, 0.15) is 0 Å². The second-order valence-electron chi connectivity index (χ2n) is 11.8. The van der Waals surface area contributed by atoms with Crippen molar-refractivity contribution in [3.05, 3.63) is 59.6 Å². The molecule has 1 heterocycles. The maximum absolute atomic E-state index is 14.0. The van der Waals surface area contributed by atoms with E-state index >= 15 is 0 Å². The number of benzene rings is 2. The molecule has 0 aliphatic heterocycles. The Morgan fingerprint density at radius 1 is 1.05 bits per heavy atom. The molecule has 1 aromatic heterocycles. The molecule has 0 aliphatic rings. The first kappa shape index (κ1) is 34.6. The van der Waals surface area contributed by atoms with Gasteiger partial charge in [-0.25, -0.2) is 18.4 Å². The minimum Gasteiger partial charge on any atom is -0.390 e. The number of aromatic nitrogens is 1. The molecule has 2 amide bonds. The van der Waals surface area contributed by atoms with Gasteiger partial charge in [0.15, 0.2) is 0 Å². The van der Waals surface area contributed by atoms with E-state index in [2.05, 4.69) is 10.4 Å². The first-order valence-electron chi connectivity index (χ1n) is 14.6. The molecule has 10 nitrogen and oxygen atoms in total. The number of aliphatic hydroxyl groups is 1. The lowest BCUT2D eigenvalue weighted by molar-refractivity contribution is -0.148. The van der Waals surface area contributed by atoms with Crippen LogP contribution in [0.15, 0.2) is 58.9 Å². The Labute approximate surface area is 259 Å². The van der Waals surface area contributed by atoms with E-state index in [4.69, 9.17) is 0 Å². The van der Waals surface area contributed by atoms with Gasteiger partial charge >= 0.3 is 0 Å². The minimum absolute atomic E-state index is 0.0369. The number of nitrogens with zero attached hydrogens (tertiary/aromatic N) is 4. The molecular formula is C31H45N5O5S2. The zero-order chi connectivity index (χ0) is 31.7. The van der Waals surface area contributed by atoms with Gasteiger partial charge in [0.25, 0.3) is 5.91 Å². The topological polar surface area (TPSA) is 123 Å². The number of nitrogens with one attached hydrogen (secondary N) is 1. The van der Waals surface area contributed by atoms with E-state index in [-0.39, 0.29) is 55.1 Å². The fourth-order valence-corrected chi connectivity index (χ4v) is 7.18. The van der Waals surface area contributed by atoms with Crippen LogP contribution in [-0.4, -0.2) is 90.4 Å². The molecule has 43 heavy (non-hydrogen) atoms. The van der Waals surface area contributed by atoms with Crippen LogP contribution in [0.4, 0.5) is 0 Å². The van der Waals surface area contributed by atoms with E-state index in [1.807, 2.05) is 58.0 Å². The van der Waals surface area contributed by atoms with Crippen molar-refractivity contribution in [2.75, 3.05) is 33.7 Å². The molecule has 0 saturated heterocycles. The van der Waals surface area contributed by atoms with Crippen molar-refractivity contribution in [1.29, 1.82) is 0 Å². The number of rotatable bonds is 15. The quantitative estimate of drug-likeness (QED) is 0.245. The highest BCUT2D eigenvalue weighted by molar-refractivity contribution is 7.89. The SMILES string of the molecule is CC[C@H](C)CC(=O)N(NC(=O)CN(C)C)C(Cc1ccccc1)[C@H](O)CN(CC(C)C)S(=O)(=O)c1ccc2ncsc2c1. The van der Waals surface area contributed by atoms with Crippen molar-refractivity contribution in [2.24, 2.45) is 11.8 Å². The van der Waals surface area contributed by atoms with Crippen molar-refractivity contribution in [3.63, 3.8) is 0 Å². The zero-order valence-corrected chi connectivity index (χ0v) is 27.6. The third kappa shape index (κ3) is 9.80. The zero-order valence-electron chi connectivity index (χ0n) is 25.9. The highest BCUT2D eigenvalue weighted by Gasteiger charge is 2.36. The first-order valence-corrected chi connectivity index (χ1v) is 16.9. The van der Waals surface area contributed by atoms with E-state index in [1.54, 1.807) is 36.6 Å². The summed E-state index contributed by atoms with van der Waals surface area (Å²) in [5.41, 5.74) is 5.97. The Morgan fingerprint density at radius 2 is 1.74 bits per heavy atom. The number of hydrogen-bond donors (Lipinski definition) is 2. The first-order chi connectivity index (χ1) is 20.3. The summed E-state index contributed by atoms with van der Waals surface area (Å²) in [6, 6.07) is 13.2. The molecule has 2 aromatic carbocycles. The number of carbonyl (C=O) groups is 2. The molecule has 0 fully saturated rings. The Balaban J connectivity index is 2.02. The number of hydrogen-bond acceptors (Lipinski definition) is 8. The van der Waals surface area contributed by atoms with Crippen molar-refractivity contribution >= 4 is 43.4 Å². The molecule has 3 rings (SSSR count). The lowest BCUT2D eigenvalue weighted by Crippen LogP contribution is -2.60. The number of fused-ring (bicyclic) bond motifs is 1. The number of likely N-dealkylation sites (N-methyl/N-ethyl adjacent to an activating group) is 1. The summed E-state index contributed by atoms with van der Waals surface area (Å²) < 4.78 is 30.0. The van der Waals surface area contributed by atoms with Gasteiger partial charge in [0.05, 0.1) is 39.3 Å². The predicted molar refractivity (Wildman–Crippen MR) is 171 cm³/mol. The van der Waals surface area contributed by atoms with Crippen molar-refractivity contribution < 1.29 is 23.1 Å². The Bertz CT molecular complexity index is 1450. The van der Waals surface area contributed by atoms with Crippen molar-refractivity contribution in [3.8, 4) is 0 Å². The largest absolute Gasteiger partial charge is 0.390 e. The maximum atomic E-state index is 14.0. The van der Waals surface area contributed by atoms with Crippen LogP contribution in [-0.2, 0) is 26.0 Å². The van der Waals surface area contributed by atoms with Crippen LogP contribution in [0.25, 0.3) is 10.2 Å². The predicted octanol–water partition coefficient (Wildman–Crippen LogP) is 3.77. The molecule has 3 atom stereocenters. The molecule has 236 valence electrons. The highest BCUT2D eigenvalue weighted by Crippen LogP contribution is 2.26. The van der Waals surface area contributed by atoms with Gasteiger partial charge < -0.3 is 10.0 Å². The van der Waals surface area contributed by atoms with Crippen molar-refractivity contribution in [2.45, 2.75) is 64.0 Å². The Kier molecular flexibility index (Phi) is 12.6. The van der Waals surface area contributed by atoms with Gasteiger partial charge in [-0.2, -0.15) is 4.31 Å². The van der Waals surface area contributed by atoms with E-state index < -0.39 is 28.1 Å². The molecule has 2 N–H and O–H groups in total. The number of sulfonamides is 1. The molecule has 1 unspecified atom stereocenters. The van der Waals surface area contributed by atoms with Crippen LogP contribution in [0.5, 0.6) is 0 Å². The van der Waals surface area contributed by atoms with Crippen LogP contribution in [0.3, 0.4) is 0 Å². The smallest absolute Gasteiger partial charge is 0.252 e. The average molecular weight is 632 g/mol. The van der Waals surface area contributed by atoms with E-state index in [9.17, 15) is 23.1 Å². The summed E-state index contributed by atoms with van der Waals surface area (Å²) in [6.07, 6.45) is -0.179. The molecule has 0 aliphatic carbocycles. The lowest BCUT2D eigenvalue weighted by Gasteiger charge is -2.37. The third-order valence-electron chi connectivity index (χ3n) is 7.16. The van der Waals surface area contributed by atoms with Gasteiger partial charge in [-0.15, -0.1) is 11.3 Å². The third-order valence-corrected chi connectivity index (χ3v) is 9.78. The maximum Gasteiger partial charge on any atom is 0.252 e. The second-order valence-corrected chi connectivity index (χ2v) is 14.6. The molecule has 12 heteroatoms.